The molecule has 0 atom stereocenters. The zero-order chi connectivity index (χ0) is 21.3. The van der Waals surface area contributed by atoms with Gasteiger partial charge in [0.2, 0.25) is 0 Å². The van der Waals surface area contributed by atoms with Crippen molar-refractivity contribution in [2.24, 2.45) is 10.9 Å². The molecule has 0 bridgehead atoms. The molecule has 0 unspecified atom stereocenters. The van der Waals surface area contributed by atoms with Crippen LogP contribution in [0, 0.1) is 11.7 Å². The summed E-state index contributed by atoms with van der Waals surface area (Å²) in [6.07, 6.45) is 4.62. The summed E-state index contributed by atoms with van der Waals surface area (Å²) in [6, 6.07) is 8.28. The fraction of sp³-hybridized carbons (Fsp3) is 0.409. The largest absolute Gasteiger partial charge is 0.469 e. The number of halogens is 2. The van der Waals surface area contributed by atoms with Gasteiger partial charge in [-0.1, -0.05) is 6.07 Å². The van der Waals surface area contributed by atoms with Crippen LogP contribution in [0.1, 0.15) is 25.3 Å². The van der Waals surface area contributed by atoms with Crippen LogP contribution in [0.15, 0.2) is 47.7 Å². The van der Waals surface area contributed by atoms with Crippen LogP contribution >= 0.6 is 24.0 Å². The van der Waals surface area contributed by atoms with Gasteiger partial charge in [0, 0.05) is 25.8 Å². The van der Waals surface area contributed by atoms with E-state index in [1.807, 2.05) is 6.92 Å². The quantitative estimate of drug-likeness (QED) is 0.258. The molecule has 0 radical (unpaired) electrons. The SMILES string of the molecule is CCNC(=NCc1ccc(Oc2cccnc2)c(F)c1)N1CCC(C(=O)OC)CC1.I. The Kier molecular flexibility index (Phi) is 9.96. The predicted octanol–water partition coefficient (Wildman–Crippen LogP) is 3.98. The van der Waals surface area contributed by atoms with E-state index in [9.17, 15) is 9.18 Å². The van der Waals surface area contributed by atoms with Crippen LogP contribution in [0.4, 0.5) is 4.39 Å². The number of nitrogens with zero attached hydrogens (tertiary/aromatic N) is 3. The standard InChI is InChI=1S/C22H27FN4O3.HI/c1-3-25-22(27-11-8-17(9-12-27)21(28)29-2)26-14-16-6-7-20(19(23)13-16)30-18-5-4-10-24-15-18;/h4-7,10,13,15,17H,3,8-9,11-12,14H2,1-2H3,(H,25,26);1H. The third-order valence-corrected chi connectivity index (χ3v) is 4.93. The molecular weight excluding hydrogens is 514 g/mol. The molecule has 7 nitrogen and oxygen atoms in total. The first kappa shape index (κ1) is 24.8. The molecular formula is C22H28FIN4O3. The molecule has 2 aromatic rings. The van der Waals surface area contributed by atoms with Gasteiger partial charge < -0.3 is 19.7 Å². The van der Waals surface area contributed by atoms with Gasteiger partial charge in [0.05, 0.1) is 25.8 Å². The number of hydrogen-bond acceptors (Lipinski definition) is 5. The molecule has 3 rings (SSSR count). The molecule has 1 fully saturated rings. The number of aliphatic imine (C=N–C) groups is 1. The van der Waals surface area contributed by atoms with Gasteiger partial charge in [0.15, 0.2) is 17.5 Å². The van der Waals surface area contributed by atoms with E-state index in [4.69, 9.17) is 9.47 Å². The van der Waals surface area contributed by atoms with E-state index < -0.39 is 5.82 Å². The molecule has 0 saturated carbocycles. The lowest BCUT2D eigenvalue weighted by molar-refractivity contribution is -0.146. The maximum Gasteiger partial charge on any atom is 0.308 e. The first-order valence-electron chi connectivity index (χ1n) is 10.1. The zero-order valence-corrected chi connectivity index (χ0v) is 20.0. The minimum atomic E-state index is -0.449. The highest BCUT2D eigenvalue weighted by Crippen LogP contribution is 2.25. The highest BCUT2D eigenvalue weighted by atomic mass is 127. The average Bonchev–Trinajstić information content (AvgIpc) is 2.78. The molecule has 1 aliphatic heterocycles. The minimum Gasteiger partial charge on any atom is -0.469 e. The van der Waals surface area contributed by atoms with Crippen molar-refractivity contribution in [2.75, 3.05) is 26.7 Å². The van der Waals surface area contributed by atoms with Crippen molar-refractivity contribution in [1.82, 2.24) is 15.2 Å². The number of piperidine rings is 1. The lowest BCUT2D eigenvalue weighted by Gasteiger charge is -2.33. The van der Waals surface area contributed by atoms with E-state index in [0.717, 1.165) is 44.0 Å². The van der Waals surface area contributed by atoms with E-state index >= 15 is 0 Å². The van der Waals surface area contributed by atoms with Crippen LogP contribution in [0.25, 0.3) is 0 Å². The van der Waals surface area contributed by atoms with Gasteiger partial charge in [-0.2, -0.15) is 0 Å². The van der Waals surface area contributed by atoms with E-state index in [1.54, 1.807) is 30.5 Å². The number of rotatable bonds is 6. The Morgan fingerprint density at radius 1 is 1.32 bits per heavy atom. The second kappa shape index (κ2) is 12.4. The minimum absolute atomic E-state index is 0. The molecule has 9 heteroatoms. The fourth-order valence-corrected chi connectivity index (χ4v) is 3.35. The number of ether oxygens (including phenoxy) is 2. The topological polar surface area (TPSA) is 76.1 Å². The third kappa shape index (κ3) is 7.05. The van der Waals surface area contributed by atoms with Crippen LogP contribution < -0.4 is 10.1 Å². The Bertz CT molecular complexity index is 874. The van der Waals surface area contributed by atoms with Gasteiger partial charge in [-0.15, -0.1) is 24.0 Å². The Hall–Kier alpha value is -2.43. The van der Waals surface area contributed by atoms with Gasteiger partial charge in [-0.05, 0) is 49.6 Å². The second-order valence-corrected chi connectivity index (χ2v) is 7.01. The highest BCUT2D eigenvalue weighted by molar-refractivity contribution is 14.0. The summed E-state index contributed by atoms with van der Waals surface area (Å²) in [6.45, 7) is 4.50. The molecule has 1 N–H and O–H groups in total. The predicted molar refractivity (Wildman–Crippen MR) is 127 cm³/mol. The van der Waals surface area contributed by atoms with Crippen molar-refractivity contribution in [3.63, 3.8) is 0 Å². The van der Waals surface area contributed by atoms with Gasteiger partial charge >= 0.3 is 5.97 Å². The van der Waals surface area contributed by atoms with Gasteiger partial charge in [-0.25, -0.2) is 9.38 Å². The normalized spacial score (nSPS) is 14.5. The Morgan fingerprint density at radius 2 is 2.10 bits per heavy atom. The number of esters is 1. The average molecular weight is 542 g/mol. The number of pyridine rings is 1. The molecule has 2 heterocycles. The van der Waals surface area contributed by atoms with Crippen molar-refractivity contribution in [3.8, 4) is 11.5 Å². The summed E-state index contributed by atoms with van der Waals surface area (Å²) in [5, 5.41) is 3.27. The number of guanidine groups is 1. The molecule has 1 aromatic heterocycles. The van der Waals surface area contributed by atoms with Gasteiger partial charge in [0.1, 0.15) is 5.75 Å². The number of hydrogen-bond donors (Lipinski definition) is 1. The summed E-state index contributed by atoms with van der Waals surface area (Å²) in [4.78, 5) is 22.4. The summed E-state index contributed by atoms with van der Waals surface area (Å²) in [5.41, 5.74) is 0.742. The van der Waals surface area contributed by atoms with Crippen LogP contribution in [0.3, 0.4) is 0 Å². The number of benzene rings is 1. The first-order chi connectivity index (χ1) is 14.6. The van der Waals surface area contributed by atoms with Crippen LogP contribution in [0.2, 0.25) is 0 Å². The molecule has 31 heavy (non-hydrogen) atoms. The first-order valence-corrected chi connectivity index (χ1v) is 10.1. The van der Waals surface area contributed by atoms with Crippen LogP contribution in [-0.2, 0) is 16.1 Å². The zero-order valence-electron chi connectivity index (χ0n) is 17.7. The number of aromatic nitrogens is 1. The Labute approximate surface area is 199 Å². The highest BCUT2D eigenvalue weighted by Gasteiger charge is 2.26. The number of nitrogens with one attached hydrogen (secondary N) is 1. The number of carbonyl (C=O) groups is 1. The molecule has 1 aromatic carbocycles. The van der Waals surface area contributed by atoms with Gasteiger partial charge in [0.25, 0.3) is 0 Å². The van der Waals surface area contributed by atoms with Crippen LogP contribution in [0.5, 0.6) is 11.5 Å². The number of likely N-dealkylation sites (tertiary alicyclic amines) is 1. The smallest absolute Gasteiger partial charge is 0.308 e. The van der Waals surface area contributed by atoms with Crippen molar-refractivity contribution >= 4 is 35.9 Å². The number of carbonyl (C=O) groups excluding carboxylic acids is 1. The van der Waals surface area contributed by atoms with E-state index in [0.29, 0.717) is 12.3 Å². The summed E-state index contributed by atoms with van der Waals surface area (Å²) >= 11 is 0. The Balaban J connectivity index is 0.00000341. The van der Waals surface area contributed by atoms with E-state index in [1.165, 1.54) is 19.4 Å². The molecule has 168 valence electrons. The summed E-state index contributed by atoms with van der Waals surface area (Å²) in [5.74, 6) is 0.725. The lowest BCUT2D eigenvalue weighted by Crippen LogP contribution is -2.46. The number of methoxy groups -OCH3 is 1. The van der Waals surface area contributed by atoms with Crippen molar-refractivity contribution in [3.05, 3.63) is 54.1 Å². The van der Waals surface area contributed by atoms with E-state index in [2.05, 4.69) is 20.2 Å². The van der Waals surface area contributed by atoms with Crippen LogP contribution in [-0.4, -0.2) is 48.6 Å². The maximum atomic E-state index is 14.5. The molecule has 1 aliphatic rings. The summed E-state index contributed by atoms with van der Waals surface area (Å²) < 4.78 is 24.8. The molecule has 0 spiro atoms. The van der Waals surface area contributed by atoms with Crippen molar-refractivity contribution in [2.45, 2.75) is 26.3 Å². The van der Waals surface area contributed by atoms with Crippen molar-refractivity contribution < 1.29 is 18.7 Å². The van der Waals surface area contributed by atoms with Crippen molar-refractivity contribution in [1.29, 1.82) is 0 Å². The Morgan fingerprint density at radius 3 is 2.71 bits per heavy atom. The maximum absolute atomic E-state index is 14.5. The van der Waals surface area contributed by atoms with E-state index in [-0.39, 0.29) is 41.6 Å². The second-order valence-electron chi connectivity index (χ2n) is 7.01. The third-order valence-electron chi connectivity index (χ3n) is 4.93. The molecule has 1 saturated heterocycles. The fourth-order valence-electron chi connectivity index (χ4n) is 3.35. The monoisotopic (exact) mass is 542 g/mol. The lowest BCUT2D eigenvalue weighted by atomic mass is 9.97. The molecule has 0 amide bonds. The van der Waals surface area contributed by atoms with Gasteiger partial charge in [-0.3, -0.25) is 9.78 Å². The summed E-state index contributed by atoms with van der Waals surface area (Å²) in [7, 11) is 1.42. The molecule has 0 aliphatic carbocycles.